The Kier molecular flexibility index (Phi) is 7.35. The van der Waals surface area contributed by atoms with Gasteiger partial charge in [0.25, 0.3) is 0 Å². The molecule has 20 heavy (non-hydrogen) atoms. The number of nitrogens with zero attached hydrogens (tertiary/aromatic N) is 1. The van der Waals surface area contributed by atoms with Gasteiger partial charge in [-0.2, -0.15) is 0 Å². The molecule has 1 aliphatic heterocycles. The van der Waals surface area contributed by atoms with Gasteiger partial charge in [0.1, 0.15) is 5.75 Å². The lowest BCUT2D eigenvalue weighted by Crippen LogP contribution is -2.36. The molecule has 1 N–H and O–H groups in total. The number of hydrogen-bond donors (Lipinski definition) is 1. The number of benzene rings is 1. The number of likely N-dealkylation sites (tertiary alicyclic amines) is 1. The Morgan fingerprint density at radius 3 is 2.60 bits per heavy atom. The molecule has 1 atom stereocenters. The van der Waals surface area contributed by atoms with Gasteiger partial charge >= 0.3 is 0 Å². The first-order chi connectivity index (χ1) is 9.19. The molecule has 0 saturated carbocycles. The van der Waals surface area contributed by atoms with Crippen molar-refractivity contribution in [1.29, 1.82) is 0 Å². The molecular weight excluding hydrogens is 272 g/mol. The van der Waals surface area contributed by atoms with E-state index in [1.807, 2.05) is 7.05 Å². The quantitative estimate of drug-likeness (QED) is 0.873. The molecule has 0 aromatic heterocycles. The van der Waals surface area contributed by atoms with Gasteiger partial charge in [-0.15, -0.1) is 12.4 Å². The Bertz CT molecular complexity index is 381. The maximum atomic E-state index is 5.68. The molecule has 1 unspecified atom stereocenters. The third-order valence-corrected chi connectivity index (χ3v) is 3.62. The van der Waals surface area contributed by atoms with Crippen LogP contribution in [0.1, 0.15) is 32.3 Å². The third-order valence-electron chi connectivity index (χ3n) is 3.62. The van der Waals surface area contributed by atoms with E-state index in [1.165, 1.54) is 24.9 Å². The highest BCUT2D eigenvalue weighted by molar-refractivity contribution is 5.85. The van der Waals surface area contributed by atoms with Crippen LogP contribution in [0.4, 0.5) is 0 Å². The molecule has 1 saturated heterocycles. The van der Waals surface area contributed by atoms with E-state index in [-0.39, 0.29) is 18.5 Å². The van der Waals surface area contributed by atoms with Gasteiger partial charge in [-0.1, -0.05) is 12.1 Å². The predicted octanol–water partition coefficient (Wildman–Crippen LogP) is 3.08. The van der Waals surface area contributed by atoms with Crippen molar-refractivity contribution in [3.63, 3.8) is 0 Å². The molecular formula is C16H27ClN2O. The number of hydrogen-bond acceptors (Lipinski definition) is 3. The molecule has 0 radical (unpaired) electrons. The van der Waals surface area contributed by atoms with Crippen LogP contribution in [-0.4, -0.2) is 37.2 Å². The highest BCUT2D eigenvalue weighted by Gasteiger charge is 2.23. The van der Waals surface area contributed by atoms with E-state index >= 15 is 0 Å². The number of nitrogens with one attached hydrogen (secondary N) is 1. The average molecular weight is 299 g/mol. The van der Waals surface area contributed by atoms with E-state index < -0.39 is 0 Å². The predicted molar refractivity (Wildman–Crippen MR) is 86.8 cm³/mol. The summed E-state index contributed by atoms with van der Waals surface area (Å²) in [4.78, 5) is 2.58. The minimum atomic E-state index is 0. The maximum Gasteiger partial charge on any atom is 0.119 e. The number of rotatable bonds is 6. The van der Waals surface area contributed by atoms with Gasteiger partial charge in [-0.3, -0.25) is 4.90 Å². The van der Waals surface area contributed by atoms with Crippen LogP contribution >= 0.6 is 12.4 Å². The Hall–Kier alpha value is -0.770. The SMILES string of the molecule is CNCC1CCCN1Cc1ccc(OC(C)C)cc1.Cl. The van der Waals surface area contributed by atoms with E-state index in [9.17, 15) is 0 Å². The van der Waals surface area contributed by atoms with Crippen LogP contribution in [0.25, 0.3) is 0 Å². The summed E-state index contributed by atoms with van der Waals surface area (Å²) < 4.78 is 5.68. The van der Waals surface area contributed by atoms with Crippen LogP contribution in [0.15, 0.2) is 24.3 Å². The summed E-state index contributed by atoms with van der Waals surface area (Å²) in [5, 5.41) is 3.29. The first kappa shape index (κ1) is 17.3. The van der Waals surface area contributed by atoms with Gasteiger partial charge in [0.15, 0.2) is 0 Å². The fraction of sp³-hybridized carbons (Fsp3) is 0.625. The molecule has 1 aromatic rings. The second-order valence-corrected chi connectivity index (χ2v) is 5.63. The van der Waals surface area contributed by atoms with Crippen molar-refractivity contribution in [2.24, 2.45) is 0 Å². The molecule has 114 valence electrons. The summed E-state index contributed by atoms with van der Waals surface area (Å²) in [6.45, 7) is 7.47. The van der Waals surface area contributed by atoms with Crippen molar-refractivity contribution in [3.8, 4) is 5.75 Å². The van der Waals surface area contributed by atoms with Crippen molar-refractivity contribution >= 4 is 12.4 Å². The lowest BCUT2D eigenvalue weighted by Gasteiger charge is -2.24. The summed E-state index contributed by atoms with van der Waals surface area (Å²) in [5.41, 5.74) is 1.37. The largest absolute Gasteiger partial charge is 0.491 e. The van der Waals surface area contributed by atoms with Crippen LogP contribution in [0.3, 0.4) is 0 Å². The number of ether oxygens (including phenoxy) is 1. The molecule has 0 aliphatic carbocycles. The summed E-state index contributed by atoms with van der Waals surface area (Å²) in [6, 6.07) is 9.23. The maximum absolute atomic E-state index is 5.68. The van der Waals surface area contributed by atoms with E-state index in [0.717, 1.165) is 18.8 Å². The molecule has 1 aromatic carbocycles. The van der Waals surface area contributed by atoms with E-state index in [0.29, 0.717) is 6.04 Å². The van der Waals surface area contributed by atoms with Gasteiger partial charge in [-0.25, -0.2) is 0 Å². The van der Waals surface area contributed by atoms with Crippen molar-refractivity contribution < 1.29 is 4.74 Å². The van der Waals surface area contributed by atoms with Gasteiger partial charge in [0.2, 0.25) is 0 Å². The zero-order valence-corrected chi connectivity index (χ0v) is 13.6. The first-order valence-corrected chi connectivity index (χ1v) is 7.33. The smallest absolute Gasteiger partial charge is 0.119 e. The molecule has 1 fully saturated rings. The van der Waals surface area contributed by atoms with Crippen LogP contribution in [0.2, 0.25) is 0 Å². The second kappa shape index (κ2) is 8.50. The molecule has 1 aliphatic rings. The molecule has 2 rings (SSSR count). The van der Waals surface area contributed by atoms with Crippen molar-refractivity contribution in [2.75, 3.05) is 20.1 Å². The summed E-state index contributed by atoms with van der Waals surface area (Å²) in [7, 11) is 2.04. The van der Waals surface area contributed by atoms with E-state index in [2.05, 4.69) is 48.3 Å². The lowest BCUT2D eigenvalue weighted by molar-refractivity contribution is 0.238. The Labute approximate surface area is 129 Å². The van der Waals surface area contributed by atoms with Crippen molar-refractivity contribution in [3.05, 3.63) is 29.8 Å². The molecule has 1 heterocycles. The van der Waals surface area contributed by atoms with Crippen molar-refractivity contribution in [2.45, 2.75) is 45.4 Å². The summed E-state index contributed by atoms with van der Waals surface area (Å²) in [5.74, 6) is 0.965. The fourth-order valence-corrected chi connectivity index (χ4v) is 2.75. The number of halogens is 1. The third kappa shape index (κ3) is 4.97. The monoisotopic (exact) mass is 298 g/mol. The molecule has 0 amide bonds. The van der Waals surface area contributed by atoms with Crippen molar-refractivity contribution in [1.82, 2.24) is 10.2 Å². The van der Waals surface area contributed by atoms with Gasteiger partial charge in [0.05, 0.1) is 6.10 Å². The molecule has 3 nitrogen and oxygen atoms in total. The normalized spacial score (nSPS) is 19.1. The summed E-state index contributed by atoms with van der Waals surface area (Å²) in [6.07, 6.45) is 2.88. The number of likely N-dealkylation sites (N-methyl/N-ethyl adjacent to an activating group) is 1. The Morgan fingerprint density at radius 2 is 2.00 bits per heavy atom. The topological polar surface area (TPSA) is 24.5 Å². The van der Waals surface area contributed by atoms with Crippen LogP contribution in [-0.2, 0) is 6.54 Å². The average Bonchev–Trinajstić information content (AvgIpc) is 2.79. The molecule has 0 spiro atoms. The standard InChI is InChI=1S/C16H26N2O.ClH/c1-13(2)19-16-8-6-14(7-9-16)12-18-10-4-5-15(18)11-17-3;/h6-9,13,15,17H,4-5,10-12H2,1-3H3;1H. The minimum absolute atomic E-state index is 0. The minimum Gasteiger partial charge on any atom is -0.491 e. The van der Waals surface area contributed by atoms with Crippen LogP contribution in [0, 0.1) is 0 Å². The van der Waals surface area contributed by atoms with Gasteiger partial charge in [-0.05, 0) is 58.0 Å². The van der Waals surface area contributed by atoms with Crippen LogP contribution < -0.4 is 10.1 Å². The Balaban J connectivity index is 0.00000200. The van der Waals surface area contributed by atoms with Gasteiger partial charge in [0, 0.05) is 19.1 Å². The summed E-state index contributed by atoms with van der Waals surface area (Å²) >= 11 is 0. The first-order valence-electron chi connectivity index (χ1n) is 7.33. The highest BCUT2D eigenvalue weighted by Crippen LogP contribution is 2.21. The zero-order chi connectivity index (χ0) is 13.7. The Morgan fingerprint density at radius 1 is 1.30 bits per heavy atom. The molecule has 4 heteroatoms. The zero-order valence-electron chi connectivity index (χ0n) is 12.8. The fourth-order valence-electron chi connectivity index (χ4n) is 2.75. The van der Waals surface area contributed by atoms with E-state index in [4.69, 9.17) is 4.74 Å². The van der Waals surface area contributed by atoms with Gasteiger partial charge < -0.3 is 10.1 Å². The second-order valence-electron chi connectivity index (χ2n) is 5.63. The van der Waals surface area contributed by atoms with E-state index in [1.54, 1.807) is 0 Å². The lowest BCUT2D eigenvalue weighted by atomic mass is 10.1. The highest BCUT2D eigenvalue weighted by atomic mass is 35.5. The van der Waals surface area contributed by atoms with Crippen LogP contribution in [0.5, 0.6) is 5.75 Å². The molecule has 0 bridgehead atoms.